The van der Waals surface area contributed by atoms with E-state index in [9.17, 15) is 4.79 Å². The molecular formula is C15H22N2O2. The van der Waals surface area contributed by atoms with Crippen LogP contribution in [0.15, 0.2) is 36.9 Å². The van der Waals surface area contributed by atoms with E-state index in [2.05, 4.69) is 17.2 Å². The summed E-state index contributed by atoms with van der Waals surface area (Å²) in [6, 6.07) is 7.72. The zero-order chi connectivity index (χ0) is 14.1. The average Bonchev–Trinajstić information content (AvgIpc) is 2.38. The molecular weight excluding hydrogens is 240 g/mol. The Morgan fingerprint density at radius 3 is 2.63 bits per heavy atom. The summed E-state index contributed by atoms with van der Waals surface area (Å²) in [4.78, 5) is 11.3. The summed E-state index contributed by atoms with van der Waals surface area (Å²) in [7, 11) is 0. The number of carbonyl (C=O) groups is 1. The molecule has 0 spiro atoms. The van der Waals surface area contributed by atoms with Gasteiger partial charge in [0.05, 0.1) is 6.10 Å². The second-order valence-corrected chi connectivity index (χ2v) is 4.46. The van der Waals surface area contributed by atoms with Gasteiger partial charge in [-0.05, 0) is 38.1 Å². The van der Waals surface area contributed by atoms with Crippen LogP contribution in [-0.4, -0.2) is 25.1 Å². The quantitative estimate of drug-likeness (QED) is 0.708. The minimum atomic E-state index is 0.0205. The first-order valence-corrected chi connectivity index (χ1v) is 6.50. The Morgan fingerprint density at radius 2 is 2.05 bits per heavy atom. The number of hydrogen-bond acceptors (Lipinski definition) is 3. The maximum atomic E-state index is 11.3. The molecule has 0 aromatic heterocycles. The highest BCUT2D eigenvalue weighted by atomic mass is 16.5. The van der Waals surface area contributed by atoms with Crippen LogP contribution in [0.5, 0.6) is 5.75 Å². The third kappa shape index (κ3) is 6.50. The summed E-state index contributed by atoms with van der Waals surface area (Å²) in [6.07, 6.45) is 2.28. The molecule has 0 heterocycles. The number of hydrogen-bond donors (Lipinski definition) is 2. The van der Waals surface area contributed by atoms with Crippen LogP contribution in [0.1, 0.15) is 20.3 Å². The molecule has 0 saturated heterocycles. The first-order valence-electron chi connectivity index (χ1n) is 6.50. The fourth-order valence-electron chi connectivity index (χ4n) is 1.52. The molecule has 1 aromatic rings. The Balaban J connectivity index is 2.29. The van der Waals surface area contributed by atoms with Gasteiger partial charge in [-0.3, -0.25) is 4.79 Å². The Hall–Kier alpha value is -1.97. The first kappa shape index (κ1) is 15.1. The predicted molar refractivity (Wildman–Crippen MR) is 78.5 cm³/mol. The van der Waals surface area contributed by atoms with Crippen molar-refractivity contribution in [2.24, 2.45) is 0 Å². The number of nitrogens with one attached hydrogen (secondary N) is 2. The summed E-state index contributed by atoms with van der Waals surface area (Å²) in [6.45, 7) is 8.65. The molecule has 4 nitrogen and oxygen atoms in total. The van der Waals surface area contributed by atoms with E-state index >= 15 is 0 Å². The smallest absolute Gasteiger partial charge is 0.222 e. The van der Waals surface area contributed by atoms with Crippen molar-refractivity contribution < 1.29 is 9.53 Å². The van der Waals surface area contributed by atoms with Gasteiger partial charge in [-0.15, -0.1) is 6.58 Å². The summed E-state index contributed by atoms with van der Waals surface area (Å²) in [5.41, 5.74) is 0.979. The van der Waals surface area contributed by atoms with Gasteiger partial charge in [0.2, 0.25) is 5.91 Å². The number of anilines is 1. The molecule has 19 heavy (non-hydrogen) atoms. The second kappa shape index (κ2) is 8.19. The van der Waals surface area contributed by atoms with Crippen LogP contribution in [-0.2, 0) is 4.79 Å². The van der Waals surface area contributed by atoms with Crippen LogP contribution in [0, 0.1) is 0 Å². The number of benzene rings is 1. The average molecular weight is 262 g/mol. The predicted octanol–water partition coefficient (Wildman–Crippen LogP) is 2.58. The minimum absolute atomic E-state index is 0.0205. The highest BCUT2D eigenvalue weighted by Gasteiger charge is 2.00. The number of rotatable bonds is 8. The highest BCUT2D eigenvalue weighted by molar-refractivity contribution is 5.76. The number of ether oxygens (including phenoxy) is 1. The summed E-state index contributed by atoms with van der Waals surface area (Å²) < 4.78 is 5.55. The molecule has 104 valence electrons. The van der Waals surface area contributed by atoms with Crippen LogP contribution in [0.3, 0.4) is 0 Å². The van der Waals surface area contributed by atoms with Gasteiger partial charge in [0.15, 0.2) is 0 Å². The van der Waals surface area contributed by atoms with E-state index < -0.39 is 0 Å². The normalized spacial score (nSPS) is 10.1. The Bertz CT molecular complexity index is 399. The summed E-state index contributed by atoms with van der Waals surface area (Å²) in [5.74, 6) is 0.872. The van der Waals surface area contributed by atoms with Gasteiger partial charge in [-0.1, -0.05) is 6.08 Å². The van der Waals surface area contributed by atoms with Crippen molar-refractivity contribution in [2.45, 2.75) is 26.4 Å². The molecule has 0 bridgehead atoms. The minimum Gasteiger partial charge on any atom is -0.491 e. The lowest BCUT2D eigenvalue weighted by Crippen LogP contribution is -2.25. The molecule has 0 radical (unpaired) electrons. The molecule has 0 aliphatic carbocycles. The molecule has 2 N–H and O–H groups in total. The fraction of sp³-hybridized carbons (Fsp3) is 0.400. The van der Waals surface area contributed by atoms with Crippen molar-refractivity contribution in [1.82, 2.24) is 5.32 Å². The van der Waals surface area contributed by atoms with E-state index in [4.69, 9.17) is 4.74 Å². The number of carbonyl (C=O) groups excluding carboxylic acids is 1. The fourth-order valence-corrected chi connectivity index (χ4v) is 1.52. The van der Waals surface area contributed by atoms with E-state index in [1.807, 2.05) is 38.1 Å². The molecule has 1 rings (SSSR count). The van der Waals surface area contributed by atoms with Crippen LogP contribution in [0.25, 0.3) is 0 Å². The second-order valence-electron chi connectivity index (χ2n) is 4.46. The standard InChI is InChI=1S/C15H22N2O2/c1-4-10-17-15(18)9-11-16-13-5-7-14(8-6-13)19-12(2)3/h4-8,12,16H,1,9-11H2,2-3H3,(H,17,18). The molecule has 1 amide bonds. The summed E-state index contributed by atoms with van der Waals surface area (Å²) in [5, 5.41) is 5.92. The molecule has 0 fully saturated rings. The maximum absolute atomic E-state index is 11.3. The van der Waals surface area contributed by atoms with Gasteiger partial charge in [0, 0.05) is 25.2 Å². The zero-order valence-corrected chi connectivity index (χ0v) is 11.6. The monoisotopic (exact) mass is 262 g/mol. The Kier molecular flexibility index (Phi) is 6.50. The molecule has 1 aromatic carbocycles. The van der Waals surface area contributed by atoms with Gasteiger partial charge in [-0.25, -0.2) is 0 Å². The van der Waals surface area contributed by atoms with E-state index in [0.717, 1.165) is 11.4 Å². The zero-order valence-electron chi connectivity index (χ0n) is 11.6. The third-order valence-electron chi connectivity index (χ3n) is 2.35. The van der Waals surface area contributed by atoms with Crippen molar-refractivity contribution in [3.8, 4) is 5.75 Å². The molecule has 0 saturated carbocycles. The van der Waals surface area contributed by atoms with E-state index in [1.54, 1.807) is 6.08 Å². The lowest BCUT2D eigenvalue weighted by atomic mass is 10.3. The van der Waals surface area contributed by atoms with Crippen LogP contribution in [0.4, 0.5) is 5.69 Å². The van der Waals surface area contributed by atoms with Gasteiger partial charge < -0.3 is 15.4 Å². The van der Waals surface area contributed by atoms with E-state index in [1.165, 1.54) is 0 Å². The van der Waals surface area contributed by atoms with Crippen LogP contribution < -0.4 is 15.4 Å². The van der Waals surface area contributed by atoms with Crippen LogP contribution in [0.2, 0.25) is 0 Å². The lowest BCUT2D eigenvalue weighted by Gasteiger charge is -2.11. The summed E-state index contributed by atoms with van der Waals surface area (Å²) >= 11 is 0. The van der Waals surface area contributed by atoms with E-state index in [0.29, 0.717) is 19.5 Å². The molecule has 0 aliphatic rings. The van der Waals surface area contributed by atoms with E-state index in [-0.39, 0.29) is 12.0 Å². The van der Waals surface area contributed by atoms with Crippen molar-refractivity contribution >= 4 is 11.6 Å². The third-order valence-corrected chi connectivity index (χ3v) is 2.35. The van der Waals surface area contributed by atoms with Crippen LogP contribution >= 0.6 is 0 Å². The molecule has 0 atom stereocenters. The molecule has 4 heteroatoms. The maximum Gasteiger partial charge on any atom is 0.222 e. The van der Waals surface area contributed by atoms with Crippen molar-refractivity contribution in [3.05, 3.63) is 36.9 Å². The van der Waals surface area contributed by atoms with Crippen molar-refractivity contribution in [1.29, 1.82) is 0 Å². The topological polar surface area (TPSA) is 50.4 Å². The molecule has 0 aliphatic heterocycles. The van der Waals surface area contributed by atoms with Crippen molar-refractivity contribution in [3.63, 3.8) is 0 Å². The van der Waals surface area contributed by atoms with Gasteiger partial charge in [0.25, 0.3) is 0 Å². The Labute approximate surface area is 114 Å². The van der Waals surface area contributed by atoms with Gasteiger partial charge >= 0.3 is 0 Å². The largest absolute Gasteiger partial charge is 0.491 e. The van der Waals surface area contributed by atoms with Gasteiger partial charge in [0.1, 0.15) is 5.75 Å². The number of amides is 1. The lowest BCUT2D eigenvalue weighted by molar-refractivity contribution is -0.120. The van der Waals surface area contributed by atoms with Gasteiger partial charge in [-0.2, -0.15) is 0 Å². The molecule has 0 unspecified atom stereocenters. The highest BCUT2D eigenvalue weighted by Crippen LogP contribution is 2.16. The SMILES string of the molecule is C=CCNC(=O)CCNc1ccc(OC(C)C)cc1. The van der Waals surface area contributed by atoms with Crippen molar-refractivity contribution in [2.75, 3.05) is 18.4 Å². The first-order chi connectivity index (χ1) is 9.11. The Morgan fingerprint density at radius 1 is 1.37 bits per heavy atom.